The predicted octanol–water partition coefficient (Wildman–Crippen LogP) is 2.28. The Morgan fingerprint density at radius 3 is 2.67 bits per heavy atom. The number of guanidine groups is 1. The van der Waals surface area contributed by atoms with E-state index in [1.807, 2.05) is 36.1 Å². The van der Waals surface area contributed by atoms with Gasteiger partial charge in [-0.2, -0.15) is 0 Å². The Balaban J connectivity index is 1.48. The molecule has 2 aliphatic rings. The second-order valence-electron chi connectivity index (χ2n) is 8.23. The van der Waals surface area contributed by atoms with Gasteiger partial charge in [-0.25, -0.2) is 0 Å². The van der Waals surface area contributed by atoms with Crippen molar-refractivity contribution in [1.29, 1.82) is 0 Å². The molecule has 164 valence electrons. The lowest BCUT2D eigenvalue weighted by molar-refractivity contribution is -0.135. The minimum absolute atomic E-state index is 0.0597. The van der Waals surface area contributed by atoms with Crippen LogP contribution in [0.25, 0.3) is 0 Å². The molecule has 1 aliphatic heterocycles. The first-order valence-electron chi connectivity index (χ1n) is 11.2. The molecular weight excluding hydrogens is 378 g/mol. The third-order valence-corrected chi connectivity index (χ3v) is 6.01. The fourth-order valence-electron chi connectivity index (χ4n) is 4.34. The molecule has 3 rings (SSSR count). The number of nitrogens with zero attached hydrogens (tertiary/aromatic N) is 2. The van der Waals surface area contributed by atoms with Gasteiger partial charge in [0.15, 0.2) is 5.96 Å². The van der Waals surface area contributed by atoms with E-state index in [1.165, 1.54) is 19.3 Å². The number of aliphatic imine (C=N–C) groups is 1. The van der Waals surface area contributed by atoms with Crippen molar-refractivity contribution in [3.8, 4) is 0 Å². The molecule has 2 amide bonds. The van der Waals surface area contributed by atoms with Gasteiger partial charge in [0.25, 0.3) is 5.91 Å². The molecule has 1 aromatic rings. The van der Waals surface area contributed by atoms with Gasteiger partial charge in [0, 0.05) is 50.7 Å². The van der Waals surface area contributed by atoms with E-state index in [-0.39, 0.29) is 17.9 Å². The van der Waals surface area contributed by atoms with Crippen molar-refractivity contribution in [2.75, 3.05) is 26.7 Å². The Kier molecular flexibility index (Phi) is 8.11. The Morgan fingerprint density at radius 2 is 1.93 bits per heavy atom. The number of rotatable bonds is 6. The number of hydrogen-bond donors (Lipinski definition) is 3. The normalized spacial score (nSPS) is 20.1. The summed E-state index contributed by atoms with van der Waals surface area (Å²) in [6.45, 7) is 4.65. The van der Waals surface area contributed by atoms with E-state index in [0.717, 1.165) is 43.9 Å². The van der Waals surface area contributed by atoms with Crippen molar-refractivity contribution in [1.82, 2.24) is 20.9 Å². The SMILES string of the molecule is CCNC(=O)c1cccc(CNC(=NC)NC2CCN(C(=O)C3CCCCC3)C2)c1. The highest BCUT2D eigenvalue weighted by molar-refractivity contribution is 5.94. The van der Waals surface area contributed by atoms with Crippen molar-refractivity contribution in [2.45, 2.75) is 58.0 Å². The smallest absolute Gasteiger partial charge is 0.251 e. The molecule has 1 heterocycles. The molecule has 30 heavy (non-hydrogen) atoms. The number of likely N-dealkylation sites (tertiary alicyclic amines) is 1. The lowest BCUT2D eigenvalue weighted by Crippen LogP contribution is -2.45. The number of benzene rings is 1. The molecule has 1 unspecified atom stereocenters. The number of carbonyl (C=O) groups excluding carboxylic acids is 2. The molecule has 1 aliphatic carbocycles. The Morgan fingerprint density at radius 1 is 1.13 bits per heavy atom. The molecule has 1 aromatic carbocycles. The summed E-state index contributed by atoms with van der Waals surface area (Å²) in [6, 6.07) is 7.81. The monoisotopic (exact) mass is 413 g/mol. The topological polar surface area (TPSA) is 85.8 Å². The van der Waals surface area contributed by atoms with Crippen LogP contribution in [0, 0.1) is 5.92 Å². The van der Waals surface area contributed by atoms with Crippen LogP contribution in [0.2, 0.25) is 0 Å². The van der Waals surface area contributed by atoms with Crippen LogP contribution < -0.4 is 16.0 Å². The Hall–Kier alpha value is -2.57. The molecule has 3 N–H and O–H groups in total. The average Bonchev–Trinajstić information content (AvgIpc) is 3.25. The Bertz CT molecular complexity index is 758. The zero-order chi connectivity index (χ0) is 21.3. The van der Waals surface area contributed by atoms with Crippen LogP contribution >= 0.6 is 0 Å². The summed E-state index contributed by atoms with van der Waals surface area (Å²) in [5.41, 5.74) is 1.67. The van der Waals surface area contributed by atoms with Gasteiger partial charge < -0.3 is 20.9 Å². The van der Waals surface area contributed by atoms with Gasteiger partial charge >= 0.3 is 0 Å². The van der Waals surface area contributed by atoms with Crippen LogP contribution in [-0.2, 0) is 11.3 Å². The molecule has 0 spiro atoms. The largest absolute Gasteiger partial charge is 0.352 e. The van der Waals surface area contributed by atoms with E-state index in [9.17, 15) is 9.59 Å². The average molecular weight is 414 g/mol. The number of carbonyl (C=O) groups is 2. The lowest BCUT2D eigenvalue weighted by atomic mass is 9.88. The molecule has 0 aromatic heterocycles. The van der Waals surface area contributed by atoms with E-state index in [0.29, 0.717) is 24.6 Å². The minimum atomic E-state index is -0.0597. The van der Waals surface area contributed by atoms with Crippen LogP contribution in [0.1, 0.15) is 61.4 Å². The van der Waals surface area contributed by atoms with E-state index >= 15 is 0 Å². The van der Waals surface area contributed by atoms with Gasteiger partial charge in [0.05, 0.1) is 0 Å². The molecule has 7 heteroatoms. The highest BCUT2D eigenvalue weighted by Gasteiger charge is 2.31. The van der Waals surface area contributed by atoms with Crippen LogP contribution in [0.3, 0.4) is 0 Å². The second kappa shape index (κ2) is 11.0. The standard InChI is InChI=1S/C23H35N5O2/c1-3-25-21(29)19-11-7-8-17(14-19)15-26-23(24-2)27-20-12-13-28(16-20)22(30)18-9-5-4-6-10-18/h7-8,11,14,18,20H,3-6,9-10,12-13,15-16H2,1-2H3,(H,25,29)(H2,24,26,27). The molecule has 0 radical (unpaired) electrons. The highest BCUT2D eigenvalue weighted by Crippen LogP contribution is 2.26. The van der Waals surface area contributed by atoms with Crippen LogP contribution in [0.15, 0.2) is 29.3 Å². The zero-order valence-corrected chi connectivity index (χ0v) is 18.2. The molecular formula is C23H35N5O2. The van der Waals surface area contributed by atoms with E-state index in [4.69, 9.17) is 0 Å². The first-order chi connectivity index (χ1) is 14.6. The number of hydrogen-bond acceptors (Lipinski definition) is 3. The third kappa shape index (κ3) is 5.97. The van der Waals surface area contributed by atoms with Crippen molar-refractivity contribution in [3.63, 3.8) is 0 Å². The van der Waals surface area contributed by atoms with Crippen molar-refractivity contribution in [2.24, 2.45) is 10.9 Å². The molecule has 7 nitrogen and oxygen atoms in total. The van der Waals surface area contributed by atoms with E-state index in [1.54, 1.807) is 7.05 Å². The highest BCUT2D eigenvalue weighted by atomic mass is 16.2. The summed E-state index contributed by atoms with van der Waals surface area (Å²) in [4.78, 5) is 31.1. The molecule has 1 saturated heterocycles. The maximum atomic E-state index is 12.8. The zero-order valence-electron chi connectivity index (χ0n) is 18.2. The van der Waals surface area contributed by atoms with E-state index < -0.39 is 0 Å². The van der Waals surface area contributed by atoms with Gasteiger partial charge in [-0.05, 0) is 43.9 Å². The maximum absolute atomic E-state index is 12.8. The van der Waals surface area contributed by atoms with Gasteiger partial charge in [0.1, 0.15) is 0 Å². The van der Waals surface area contributed by atoms with E-state index in [2.05, 4.69) is 20.9 Å². The number of amides is 2. The first kappa shape index (κ1) is 22.1. The minimum Gasteiger partial charge on any atom is -0.352 e. The summed E-state index contributed by atoms with van der Waals surface area (Å²) in [5, 5.41) is 9.59. The fraction of sp³-hybridized carbons (Fsp3) is 0.609. The van der Waals surface area contributed by atoms with Crippen molar-refractivity contribution < 1.29 is 9.59 Å². The van der Waals surface area contributed by atoms with Crippen LogP contribution in [0.4, 0.5) is 0 Å². The molecule has 1 atom stereocenters. The first-order valence-corrected chi connectivity index (χ1v) is 11.2. The summed E-state index contributed by atoms with van der Waals surface area (Å²) in [5.74, 6) is 1.22. The quantitative estimate of drug-likeness (QED) is 0.493. The van der Waals surface area contributed by atoms with Gasteiger partial charge in [-0.1, -0.05) is 31.4 Å². The van der Waals surface area contributed by atoms with Crippen LogP contribution in [-0.4, -0.2) is 55.4 Å². The maximum Gasteiger partial charge on any atom is 0.251 e. The van der Waals surface area contributed by atoms with Gasteiger partial charge in [-0.15, -0.1) is 0 Å². The lowest BCUT2D eigenvalue weighted by Gasteiger charge is -2.26. The summed E-state index contributed by atoms with van der Waals surface area (Å²) >= 11 is 0. The summed E-state index contributed by atoms with van der Waals surface area (Å²) in [6.07, 6.45) is 6.67. The Labute approximate surface area is 179 Å². The van der Waals surface area contributed by atoms with Gasteiger partial charge in [-0.3, -0.25) is 14.6 Å². The van der Waals surface area contributed by atoms with Crippen molar-refractivity contribution >= 4 is 17.8 Å². The number of nitrogens with one attached hydrogen (secondary N) is 3. The van der Waals surface area contributed by atoms with Crippen molar-refractivity contribution in [3.05, 3.63) is 35.4 Å². The molecule has 2 fully saturated rings. The molecule has 0 bridgehead atoms. The predicted molar refractivity (Wildman–Crippen MR) is 119 cm³/mol. The summed E-state index contributed by atoms with van der Waals surface area (Å²) < 4.78 is 0. The second-order valence-corrected chi connectivity index (χ2v) is 8.23. The fourth-order valence-corrected chi connectivity index (χ4v) is 4.34. The molecule has 1 saturated carbocycles. The summed E-state index contributed by atoms with van der Waals surface area (Å²) in [7, 11) is 1.75. The van der Waals surface area contributed by atoms with Gasteiger partial charge in [0.2, 0.25) is 5.91 Å². The van der Waals surface area contributed by atoms with Crippen LogP contribution in [0.5, 0.6) is 0 Å². The third-order valence-electron chi connectivity index (χ3n) is 6.01.